The third-order valence-electron chi connectivity index (χ3n) is 6.63. The van der Waals surface area contributed by atoms with Crippen molar-refractivity contribution in [1.29, 1.82) is 0 Å². The van der Waals surface area contributed by atoms with Crippen LogP contribution in [-0.2, 0) is 27.2 Å². The number of nitrogens with zero attached hydrogens (tertiary/aromatic N) is 2. The quantitative estimate of drug-likeness (QED) is 0.344. The van der Waals surface area contributed by atoms with Gasteiger partial charge < -0.3 is 28.6 Å². The van der Waals surface area contributed by atoms with Crippen LogP contribution in [0.5, 0.6) is 11.5 Å². The number of carboxylic acids is 1. The van der Waals surface area contributed by atoms with Crippen LogP contribution in [-0.4, -0.2) is 48.8 Å². The van der Waals surface area contributed by atoms with Gasteiger partial charge in [-0.2, -0.15) is 0 Å². The van der Waals surface area contributed by atoms with Gasteiger partial charge in [0.05, 0.1) is 32.8 Å². The summed E-state index contributed by atoms with van der Waals surface area (Å²) in [6, 6.07) is 10.9. The third kappa shape index (κ3) is 6.42. The van der Waals surface area contributed by atoms with Crippen molar-refractivity contribution < 1.29 is 33.3 Å². The number of benzene rings is 2. The van der Waals surface area contributed by atoms with Crippen molar-refractivity contribution in [3.05, 3.63) is 69.9 Å². The molecule has 9 nitrogen and oxygen atoms in total. The molecule has 0 radical (unpaired) electrons. The van der Waals surface area contributed by atoms with E-state index < -0.39 is 18.2 Å². The molecule has 2 aromatic carbocycles. The van der Waals surface area contributed by atoms with Crippen LogP contribution in [0.15, 0.2) is 40.8 Å². The van der Waals surface area contributed by atoms with E-state index in [4.69, 9.17) is 35.3 Å². The summed E-state index contributed by atoms with van der Waals surface area (Å²) in [5.41, 5.74) is 2.39. The average Bonchev–Trinajstić information content (AvgIpc) is 3.21. The number of amides is 1. The summed E-state index contributed by atoms with van der Waals surface area (Å²) in [5, 5.41) is 9.59. The van der Waals surface area contributed by atoms with E-state index in [-0.39, 0.29) is 30.6 Å². The number of halogens is 1. The van der Waals surface area contributed by atoms with E-state index in [1.54, 1.807) is 38.2 Å². The Kier molecular flexibility index (Phi) is 8.75. The number of oxazole rings is 1. The van der Waals surface area contributed by atoms with Gasteiger partial charge in [0.15, 0.2) is 17.4 Å². The molecule has 4 rings (SSSR count). The van der Waals surface area contributed by atoms with Gasteiger partial charge in [0.1, 0.15) is 18.0 Å². The van der Waals surface area contributed by atoms with Gasteiger partial charge in [0, 0.05) is 34.8 Å². The first kappa shape index (κ1) is 29.4. The SMILES string of the molecule is COc1cccc([C@H]2O[C@H](Cc3nc(CCC(=O)O)c(C)o3)C(=O)N(CC(C)(C)C)c3ccc(Cl)cc32)c1OC. The van der Waals surface area contributed by atoms with Gasteiger partial charge in [-0.3, -0.25) is 9.59 Å². The molecule has 1 aliphatic rings. The Hall–Kier alpha value is -3.56. The van der Waals surface area contributed by atoms with E-state index in [2.05, 4.69) is 25.8 Å². The molecule has 1 N–H and O–H groups in total. The van der Waals surface area contributed by atoms with E-state index in [1.807, 2.05) is 24.3 Å². The fraction of sp³-hybridized carbons (Fsp3) is 0.433. The number of aromatic nitrogens is 1. The summed E-state index contributed by atoms with van der Waals surface area (Å²) in [7, 11) is 3.12. The summed E-state index contributed by atoms with van der Waals surface area (Å²) in [4.78, 5) is 31.5. The van der Waals surface area contributed by atoms with Crippen LogP contribution in [0, 0.1) is 12.3 Å². The van der Waals surface area contributed by atoms with Crippen molar-refractivity contribution in [1.82, 2.24) is 4.98 Å². The van der Waals surface area contributed by atoms with E-state index in [0.29, 0.717) is 57.2 Å². The molecule has 0 bridgehead atoms. The monoisotopic (exact) mass is 570 g/mol. The van der Waals surface area contributed by atoms with Crippen molar-refractivity contribution in [3.8, 4) is 11.5 Å². The molecule has 0 saturated carbocycles. The summed E-state index contributed by atoms with van der Waals surface area (Å²) < 4.78 is 23.8. The average molecular weight is 571 g/mol. The zero-order valence-corrected chi connectivity index (χ0v) is 24.4. The highest BCUT2D eigenvalue weighted by Crippen LogP contribution is 2.45. The number of ether oxygens (including phenoxy) is 3. The Morgan fingerprint density at radius 3 is 2.55 bits per heavy atom. The number of hydrogen-bond donors (Lipinski definition) is 1. The minimum absolute atomic E-state index is 0.0535. The highest BCUT2D eigenvalue weighted by atomic mass is 35.5. The molecule has 0 aliphatic carbocycles. The lowest BCUT2D eigenvalue weighted by Crippen LogP contribution is -2.44. The second-order valence-corrected chi connectivity index (χ2v) is 11.4. The Balaban J connectivity index is 1.84. The molecule has 10 heteroatoms. The minimum Gasteiger partial charge on any atom is -0.493 e. The van der Waals surface area contributed by atoms with Crippen LogP contribution in [0.2, 0.25) is 5.02 Å². The number of methoxy groups -OCH3 is 2. The maximum atomic E-state index is 14.2. The zero-order valence-electron chi connectivity index (χ0n) is 23.6. The summed E-state index contributed by atoms with van der Waals surface area (Å²) in [5.74, 6) is 0.662. The number of aliphatic carboxylic acids is 1. The molecule has 214 valence electrons. The second kappa shape index (κ2) is 11.9. The molecule has 3 aromatic rings. The molecule has 0 saturated heterocycles. The molecule has 2 atom stereocenters. The standard InChI is InChI=1S/C30H35ClN2O7/c1-17-21(11-13-26(34)35)32-25(39-17)15-24-29(36)33(16-30(2,3)4)22-12-10-18(31)14-20(22)27(40-24)19-8-7-9-23(37-5)28(19)38-6/h7-10,12,14,24,27H,11,13,15-16H2,1-6H3,(H,34,35)/t24-,27-/m1/s1. The lowest BCUT2D eigenvalue weighted by molar-refractivity contribution is -0.137. The first-order valence-electron chi connectivity index (χ1n) is 13.1. The molecule has 0 spiro atoms. The molecule has 2 heterocycles. The van der Waals surface area contributed by atoms with Crippen molar-refractivity contribution in [3.63, 3.8) is 0 Å². The summed E-state index contributed by atoms with van der Waals surface area (Å²) >= 11 is 6.49. The lowest BCUT2D eigenvalue weighted by atomic mass is 9.94. The van der Waals surface area contributed by atoms with Crippen molar-refractivity contribution in [2.45, 2.75) is 59.2 Å². The Labute approximate surface area is 239 Å². The number of anilines is 1. The third-order valence-corrected chi connectivity index (χ3v) is 6.86. The van der Waals surface area contributed by atoms with Crippen molar-refractivity contribution in [2.75, 3.05) is 25.7 Å². The van der Waals surface area contributed by atoms with Crippen molar-refractivity contribution in [2.24, 2.45) is 5.41 Å². The van der Waals surface area contributed by atoms with Gasteiger partial charge in [0.2, 0.25) is 0 Å². The second-order valence-electron chi connectivity index (χ2n) is 11.0. The number of fused-ring (bicyclic) bond motifs is 1. The highest BCUT2D eigenvalue weighted by Gasteiger charge is 2.40. The summed E-state index contributed by atoms with van der Waals surface area (Å²) in [6.45, 7) is 8.34. The minimum atomic E-state index is -0.972. The first-order chi connectivity index (χ1) is 18.9. The Morgan fingerprint density at radius 1 is 1.15 bits per heavy atom. The molecule has 0 unspecified atom stereocenters. The number of hydrogen-bond acceptors (Lipinski definition) is 7. The van der Waals surface area contributed by atoms with Gasteiger partial charge in [0.25, 0.3) is 5.91 Å². The van der Waals surface area contributed by atoms with Crippen LogP contribution in [0.1, 0.15) is 61.8 Å². The predicted octanol–water partition coefficient (Wildman–Crippen LogP) is 5.78. The molecule has 0 fully saturated rings. The van der Waals surface area contributed by atoms with Crippen LogP contribution < -0.4 is 14.4 Å². The number of rotatable bonds is 9. The van der Waals surface area contributed by atoms with E-state index >= 15 is 0 Å². The van der Waals surface area contributed by atoms with Crippen LogP contribution in [0.25, 0.3) is 0 Å². The van der Waals surface area contributed by atoms with Crippen LogP contribution in [0.3, 0.4) is 0 Å². The van der Waals surface area contributed by atoms with Gasteiger partial charge in [-0.05, 0) is 36.6 Å². The molecule has 1 aromatic heterocycles. The molecule has 40 heavy (non-hydrogen) atoms. The van der Waals surface area contributed by atoms with Gasteiger partial charge in [-0.25, -0.2) is 4.98 Å². The van der Waals surface area contributed by atoms with Crippen LogP contribution in [0.4, 0.5) is 5.69 Å². The van der Waals surface area contributed by atoms with Gasteiger partial charge >= 0.3 is 5.97 Å². The smallest absolute Gasteiger partial charge is 0.303 e. The largest absolute Gasteiger partial charge is 0.493 e. The highest BCUT2D eigenvalue weighted by molar-refractivity contribution is 6.30. The number of carbonyl (C=O) groups excluding carboxylic acids is 1. The number of aryl methyl sites for hydroxylation is 2. The van der Waals surface area contributed by atoms with Crippen LogP contribution >= 0.6 is 11.6 Å². The number of para-hydroxylation sites is 1. The van der Waals surface area contributed by atoms with Crippen molar-refractivity contribution >= 4 is 29.2 Å². The van der Waals surface area contributed by atoms with E-state index in [9.17, 15) is 9.59 Å². The molecular formula is C30H35ClN2O7. The molecule has 1 amide bonds. The Bertz CT molecular complexity index is 1400. The van der Waals surface area contributed by atoms with E-state index in [0.717, 1.165) is 0 Å². The maximum absolute atomic E-state index is 14.2. The molecule has 1 aliphatic heterocycles. The maximum Gasteiger partial charge on any atom is 0.303 e. The normalized spacial score (nSPS) is 17.4. The van der Waals surface area contributed by atoms with E-state index in [1.165, 1.54) is 0 Å². The fourth-order valence-corrected chi connectivity index (χ4v) is 5.07. The van der Waals surface area contributed by atoms with Gasteiger partial charge in [-0.1, -0.05) is 44.5 Å². The predicted molar refractivity (Wildman–Crippen MR) is 150 cm³/mol. The lowest BCUT2D eigenvalue weighted by Gasteiger charge is -2.31. The zero-order chi connectivity index (χ0) is 29.2. The summed E-state index contributed by atoms with van der Waals surface area (Å²) in [6.07, 6.45) is -1.50. The number of carboxylic acid groups (broad SMARTS) is 1. The topological polar surface area (TPSA) is 111 Å². The fourth-order valence-electron chi connectivity index (χ4n) is 4.89. The molecular weight excluding hydrogens is 536 g/mol. The van der Waals surface area contributed by atoms with Gasteiger partial charge in [-0.15, -0.1) is 0 Å². The number of carbonyl (C=O) groups is 2. The Morgan fingerprint density at radius 2 is 1.90 bits per heavy atom. The first-order valence-corrected chi connectivity index (χ1v) is 13.4.